The Morgan fingerprint density at radius 2 is 1.81 bits per heavy atom. The molecule has 1 aromatic carbocycles. The summed E-state index contributed by atoms with van der Waals surface area (Å²) in [6.07, 6.45) is -0.406. The van der Waals surface area contributed by atoms with Crippen LogP contribution in [0.4, 0.5) is 0 Å². The zero-order valence-electron chi connectivity index (χ0n) is 20.3. The standard InChI is InChI=1S/C25H36O6Si/c1-18(14-29-15-21-9-11-22(28-5)12-10-21)25(31-23(26)16-27-4)19(2)17-32(6,7)24-13-8-20(3)30-24/h8-13,17-18,25H,14-16H2,1-7H3/b19-17-/t18-,25+/m0/s1. The lowest BCUT2D eigenvalue weighted by Crippen LogP contribution is -2.40. The van der Waals surface area contributed by atoms with Crippen molar-refractivity contribution in [2.75, 3.05) is 27.4 Å². The molecule has 0 spiro atoms. The molecule has 32 heavy (non-hydrogen) atoms. The third-order valence-electron chi connectivity index (χ3n) is 5.26. The van der Waals surface area contributed by atoms with Gasteiger partial charge in [0.25, 0.3) is 0 Å². The van der Waals surface area contributed by atoms with Gasteiger partial charge in [-0.1, -0.05) is 37.8 Å². The molecule has 0 saturated heterocycles. The van der Waals surface area contributed by atoms with E-state index in [1.807, 2.05) is 57.2 Å². The molecule has 2 aromatic rings. The summed E-state index contributed by atoms with van der Waals surface area (Å²) in [5, 5.41) is 1.000. The predicted octanol–water partition coefficient (Wildman–Crippen LogP) is 4.41. The summed E-state index contributed by atoms with van der Waals surface area (Å²) in [7, 11) is 1.13. The Balaban J connectivity index is 2.10. The molecular formula is C25H36O6Si. The molecule has 2 rings (SSSR count). The van der Waals surface area contributed by atoms with Crippen LogP contribution in [0.1, 0.15) is 25.2 Å². The van der Waals surface area contributed by atoms with Gasteiger partial charge in [-0.25, -0.2) is 4.79 Å². The van der Waals surface area contributed by atoms with Crippen molar-refractivity contribution in [1.82, 2.24) is 0 Å². The van der Waals surface area contributed by atoms with E-state index in [-0.39, 0.29) is 18.5 Å². The molecule has 0 aliphatic rings. The second-order valence-corrected chi connectivity index (χ2v) is 12.9. The van der Waals surface area contributed by atoms with Gasteiger partial charge in [0.05, 0.1) is 31.5 Å². The van der Waals surface area contributed by atoms with E-state index in [4.69, 9.17) is 23.4 Å². The van der Waals surface area contributed by atoms with Crippen LogP contribution in [0.2, 0.25) is 13.1 Å². The highest BCUT2D eigenvalue weighted by molar-refractivity contribution is 6.93. The molecule has 1 heterocycles. The molecule has 0 aliphatic heterocycles. The largest absolute Gasteiger partial charge is 0.497 e. The summed E-state index contributed by atoms with van der Waals surface area (Å²) in [6, 6.07) is 11.8. The van der Waals surface area contributed by atoms with Gasteiger partial charge in [0.15, 0.2) is 0 Å². The number of methoxy groups -OCH3 is 2. The maximum atomic E-state index is 12.2. The minimum atomic E-state index is -2.00. The van der Waals surface area contributed by atoms with Crippen LogP contribution >= 0.6 is 0 Å². The zero-order chi connectivity index (χ0) is 23.7. The van der Waals surface area contributed by atoms with E-state index in [1.54, 1.807) is 7.11 Å². The Bertz CT molecular complexity index is 884. The summed E-state index contributed by atoms with van der Waals surface area (Å²) in [5.74, 6) is 1.29. The molecule has 2 atom stereocenters. The maximum Gasteiger partial charge on any atom is 0.332 e. The van der Waals surface area contributed by atoms with E-state index >= 15 is 0 Å². The molecule has 6 nitrogen and oxygen atoms in total. The smallest absolute Gasteiger partial charge is 0.332 e. The molecule has 0 fully saturated rings. The number of esters is 1. The molecule has 1 aromatic heterocycles. The second kappa shape index (κ2) is 12.0. The van der Waals surface area contributed by atoms with Gasteiger partial charge in [-0.2, -0.15) is 0 Å². The molecule has 0 N–H and O–H groups in total. The summed E-state index contributed by atoms with van der Waals surface area (Å²) >= 11 is 0. The molecular weight excluding hydrogens is 424 g/mol. The minimum absolute atomic E-state index is 0.0339. The molecule has 0 aliphatic carbocycles. The Labute approximate surface area is 192 Å². The first kappa shape index (κ1) is 25.9. The molecule has 176 valence electrons. The number of carbonyl (C=O) groups excluding carboxylic acids is 1. The van der Waals surface area contributed by atoms with Crippen LogP contribution in [0.15, 0.2) is 52.1 Å². The number of hydrogen-bond acceptors (Lipinski definition) is 6. The summed E-state index contributed by atoms with van der Waals surface area (Å²) in [4.78, 5) is 12.2. The van der Waals surface area contributed by atoms with Crippen molar-refractivity contribution in [2.24, 2.45) is 5.92 Å². The third kappa shape index (κ3) is 7.65. The van der Waals surface area contributed by atoms with Crippen LogP contribution in [0.3, 0.4) is 0 Å². The monoisotopic (exact) mass is 460 g/mol. The number of ether oxygens (including phenoxy) is 4. The van der Waals surface area contributed by atoms with Gasteiger partial charge in [0.2, 0.25) is 0 Å². The quantitative estimate of drug-likeness (QED) is 0.345. The summed E-state index contributed by atoms with van der Waals surface area (Å²) in [6.45, 7) is 11.3. The molecule has 0 amide bonds. The topological polar surface area (TPSA) is 67.1 Å². The fraction of sp³-hybridized carbons (Fsp3) is 0.480. The van der Waals surface area contributed by atoms with E-state index in [1.165, 1.54) is 7.11 Å². The van der Waals surface area contributed by atoms with Crippen LogP contribution in [-0.2, 0) is 25.6 Å². The number of aryl methyl sites for hydroxylation is 1. The van der Waals surface area contributed by atoms with E-state index in [2.05, 4.69) is 18.8 Å². The average molecular weight is 461 g/mol. The van der Waals surface area contributed by atoms with Gasteiger partial charge in [0.1, 0.15) is 26.5 Å². The summed E-state index contributed by atoms with van der Waals surface area (Å²) in [5.41, 5.74) is 4.29. The molecule has 0 bridgehead atoms. The zero-order valence-corrected chi connectivity index (χ0v) is 21.3. The van der Waals surface area contributed by atoms with Crippen LogP contribution in [0.25, 0.3) is 0 Å². The number of hydrogen-bond donors (Lipinski definition) is 0. The fourth-order valence-electron chi connectivity index (χ4n) is 3.63. The lowest BCUT2D eigenvalue weighted by atomic mass is 10.00. The van der Waals surface area contributed by atoms with Gasteiger partial charge in [0, 0.05) is 13.0 Å². The van der Waals surface area contributed by atoms with Crippen molar-refractivity contribution in [3.63, 3.8) is 0 Å². The van der Waals surface area contributed by atoms with E-state index < -0.39 is 14.2 Å². The van der Waals surface area contributed by atoms with Gasteiger partial charge < -0.3 is 23.4 Å². The van der Waals surface area contributed by atoms with Gasteiger partial charge >= 0.3 is 5.97 Å². The van der Waals surface area contributed by atoms with Crippen molar-refractivity contribution in [3.8, 4) is 5.75 Å². The predicted molar refractivity (Wildman–Crippen MR) is 128 cm³/mol. The van der Waals surface area contributed by atoms with Crippen molar-refractivity contribution in [3.05, 3.63) is 59.0 Å². The van der Waals surface area contributed by atoms with Crippen LogP contribution in [0.5, 0.6) is 5.75 Å². The number of benzene rings is 1. The molecule has 0 unspecified atom stereocenters. The van der Waals surface area contributed by atoms with Crippen molar-refractivity contribution in [1.29, 1.82) is 0 Å². The Kier molecular flexibility index (Phi) is 9.75. The van der Waals surface area contributed by atoms with Crippen LogP contribution in [0, 0.1) is 12.8 Å². The van der Waals surface area contributed by atoms with E-state index in [0.29, 0.717) is 13.2 Å². The maximum absolute atomic E-state index is 12.2. The Hall–Kier alpha value is -2.35. The molecule has 0 saturated carbocycles. The van der Waals surface area contributed by atoms with Gasteiger partial charge in [-0.3, -0.25) is 0 Å². The van der Waals surface area contributed by atoms with Crippen molar-refractivity contribution in [2.45, 2.75) is 46.6 Å². The van der Waals surface area contributed by atoms with Crippen molar-refractivity contribution < 1.29 is 28.2 Å². The highest BCUT2D eigenvalue weighted by Gasteiger charge is 2.30. The normalized spacial score (nSPS) is 14.2. The molecule has 0 radical (unpaired) electrons. The van der Waals surface area contributed by atoms with Gasteiger partial charge in [-0.05, 0) is 49.2 Å². The lowest BCUT2D eigenvalue weighted by Gasteiger charge is -2.27. The summed E-state index contributed by atoms with van der Waals surface area (Å²) < 4.78 is 27.8. The average Bonchev–Trinajstić information content (AvgIpc) is 3.19. The Morgan fingerprint density at radius 1 is 1.12 bits per heavy atom. The van der Waals surface area contributed by atoms with Crippen LogP contribution in [-0.4, -0.2) is 47.6 Å². The SMILES string of the molecule is COCC(=O)O[C@@H](/C(C)=C\[Si](C)(C)c1ccc(C)o1)[C@@H](C)COCc1ccc(OC)cc1. The van der Waals surface area contributed by atoms with Crippen molar-refractivity contribution >= 4 is 19.4 Å². The van der Waals surface area contributed by atoms with E-state index in [0.717, 1.165) is 28.0 Å². The second-order valence-electron chi connectivity index (χ2n) is 8.70. The molecule has 7 heteroatoms. The highest BCUT2D eigenvalue weighted by atomic mass is 28.3. The van der Waals surface area contributed by atoms with Crippen LogP contribution < -0.4 is 10.1 Å². The third-order valence-corrected chi connectivity index (χ3v) is 7.97. The van der Waals surface area contributed by atoms with Gasteiger partial charge in [-0.15, -0.1) is 0 Å². The minimum Gasteiger partial charge on any atom is -0.497 e. The lowest BCUT2D eigenvalue weighted by molar-refractivity contribution is -0.154. The first-order chi connectivity index (χ1) is 15.2. The number of rotatable bonds is 12. The first-order valence-corrected chi connectivity index (χ1v) is 13.9. The first-order valence-electron chi connectivity index (χ1n) is 10.8. The highest BCUT2D eigenvalue weighted by Crippen LogP contribution is 2.22. The number of carbonyl (C=O) groups is 1. The number of furan rings is 1. The fourth-order valence-corrected chi connectivity index (χ4v) is 6.01. The van der Waals surface area contributed by atoms with E-state index in [9.17, 15) is 4.79 Å². The Morgan fingerprint density at radius 3 is 2.38 bits per heavy atom.